The molecular formula is C28H28N6O. The van der Waals surface area contributed by atoms with E-state index in [-0.39, 0.29) is 11.8 Å². The maximum absolute atomic E-state index is 13.3. The lowest BCUT2D eigenvalue weighted by atomic mass is 9.98. The number of aromatic nitrogens is 3. The highest BCUT2D eigenvalue weighted by molar-refractivity contribution is 5.95. The van der Waals surface area contributed by atoms with Crippen molar-refractivity contribution in [2.24, 2.45) is 7.05 Å². The van der Waals surface area contributed by atoms with Crippen LogP contribution in [0.25, 0.3) is 11.1 Å². The lowest BCUT2D eigenvalue weighted by Gasteiger charge is -2.21. The van der Waals surface area contributed by atoms with Crippen LogP contribution in [0.3, 0.4) is 0 Å². The molecule has 0 spiro atoms. The first kappa shape index (κ1) is 23.9. The number of carbonyl (C=O) groups is 1. The third-order valence-electron chi connectivity index (χ3n) is 5.97. The Morgan fingerprint density at radius 2 is 1.80 bits per heavy atom. The summed E-state index contributed by atoms with van der Waals surface area (Å²) in [4.78, 5) is 17.8. The summed E-state index contributed by atoms with van der Waals surface area (Å²) in [6.07, 6.45) is 3.70. The van der Waals surface area contributed by atoms with Gasteiger partial charge in [0, 0.05) is 37.1 Å². The van der Waals surface area contributed by atoms with Gasteiger partial charge in [-0.15, -0.1) is 0 Å². The summed E-state index contributed by atoms with van der Waals surface area (Å²) >= 11 is 0. The summed E-state index contributed by atoms with van der Waals surface area (Å²) in [6, 6.07) is 22.5. The van der Waals surface area contributed by atoms with E-state index in [4.69, 9.17) is 5.26 Å². The number of aryl methyl sites for hydroxylation is 2. The van der Waals surface area contributed by atoms with Gasteiger partial charge >= 0.3 is 0 Å². The molecule has 0 radical (unpaired) electrons. The predicted molar refractivity (Wildman–Crippen MR) is 137 cm³/mol. The van der Waals surface area contributed by atoms with Gasteiger partial charge in [0.15, 0.2) is 0 Å². The summed E-state index contributed by atoms with van der Waals surface area (Å²) in [5.41, 5.74) is 5.50. The molecule has 7 nitrogen and oxygen atoms in total. The highest BCUT2D eigenvalue weighted by atomic mass is 16.2. The van der Waals surface area contributed by atoms with E-state index < -0.39 is 6.04 Å². The van der Waals surface area contributed by atoms with Crippen molar-refractivity contribution in [1.82, 2.24) is 20.1 Å². The van der Waals surface area contributed by atoms with Crippen LogP contribution < -0.4 is 10.6 Å². The fraction of sp³-hybridized carbons (Fsp3) is 0.214. The van der Waals surface area contributed by atoms with Gasteiger partial charge in [-0.05, 0) is 48.2 Å². The van der Waals surface area contributed by atoms with Crippen LogP contribution in [0.2, 0.25) is 0 Å². The standard InChI is InChI=1S/C28H28N6O/c1-19(22-11-9-21(15-29)10-12-22)16-31-27(23-7-5-4-6-8-23)28(35)32-26-14-13-24(17-30-26)25-18-34(3)33-20(25)2/h4-14,17-19,27,31H,16H2,1-3H3,(H,30,32,35)/t19-,27+/m1/s1. The summed E-state index contributed by atoms with van der Waals surface area (Å²) in [5.74, 6) is 0.464. The molecule has 4 rings (SSSR count). The fourth-order valence-electron chi connectivity index (χ4n) is 4.01. The number of carbonyl (C=O) groups excluding carboxylic acids is 1. The van der Waals surface area contributed by atoms with Crippen molar-refractivity contribution in [3.05, 3.63) is 102 Å². The smallest absolute Gasteiger partial charge is 0.247 e. The van der Waals surface area contributed by atoms with Gasteiger partial charge in [-0.3, -0.25) is 9.48 Å². The zero-order chi connectivity index (χ0) is 24.8. The number of hydrogen-bond donors (Lipinski definition) is 2. The van der Waals surface area contributed by atoms with Crippen molar-refractivity contribution in [2.45, 2.75) is 25.8 Å². The van der Waals surface area contributed by atoms with Gasteiger partial charge in [0.2, 0.25) is 5.91 Å². The molecule has 176 valence electrons. The maximum Gasteiger partial charge on any atom is 0.247 e. The molecule has 0 saturated heterocycles. The highest BCUT2D eigenvalue weighted by Crippen LogP contribution is 2.23. The minimum absolute atomic E-state index is 0.155. The summed E-state index contributed by atoms with van der Waals surface area (Å²) in [7, 11) is 1.89. The minimum Gasteiger partial charge on any atom is -0.309 e. The van der Waals surface area contributed by atoms with Crippen LogP contribution >= 0.6 is 0 Å². The Morgan fingerprint density at radius 3 is 2.40 bits per heavy atom. The van der Waals surface area contributed by atoms with Crippen molar-refractivity contribution in [2.75, 3.05) is 11.9 Å². The second-order valence-electron chi connectivity index (χ2n) is 8.61. The highest BCUT2D eigenvalue weighted by Gasteiger charge is 2.22. The van der Waals surface area contributed by atoms with Gasteiger partial charge in [0.25, 0.3) is 0 Å². The first-order valence-electron chi connectivity index (χ1n) is 11.5. The van der Waals surface area contributed by atoms with Crippen LogP contribution in [0.4, 0.5) is 5.82 Å². The number of benzene rings is 2. The van der Waals surface area contributed by atoms with E-state index in [1.807, 2.05) is 80.8 Å². The van der Waals surface area contributed by atoms with Gasteiger partial charge < -0.3 is 10.6 Å². The Hall–Kier alpha value is -4.28. The van der Waals surface area contributed by atoms with Crippen molar-refractivity contribution >= 4 is 11.7 Å². The molecule has 2 aromatic heterocycles. The van der Waals surface area contributed by atoms with E-state index in [1.54, 1.807) is 16.9 Å². The van der Waals surface area contributed by atoms with E-state index in [0.717, 1.165) is 27.9 Å². The van der Waals surface area contributed by atoms with Gasteiger partial charge in [0.05, 0.1) is 17.3 Å². The molecule has 1 amide bonds. The van der Waals surface area contributed by atoms with Crippen LogP contribution in [0.1, 0.15) is 41.3 Å². The minimum atomic E-state index is -0.543. The molecule has 0 aliphatic heterocycles. The topological polar surface area (TPSA) is 95.6 Å². The predicted octanol–water partition coefficient (Wildman–Crippen LogP) is 4.74. The Morgan fingerprint density at radius 1 is 1.06 bits per heavy atom. The number of nitrogens with zero attached hydrogens (tertiary/aromatic N) is 4. The zero-order valence-corrected chi connectivity index (χ0v) is 20.1. The van der Waals surface area contributed by atoms with Gasteiger partial charge in [0.1, 0.15) is 11.9 Å². The second kappa shape index (κ2) is 10.8. The molecule has 0 aliphatic carbocycles. The normalized spacial score (nSPS) is 12.5. The van der Waals surface area contributed by atoms with E-state index >= 15 is 0 Å². The molecule has 2 heterocycles. The number of pyridine rings is 1. The van der Waals surface area contributed by atoms with E-state index in [1.165, 1.54) is 0 Å². The third kappa shape index (κ3) is 5.81. The van der Waals surface area contributed by atoms with Crippen LogP contribution in [-0.2, 0) is 11.8 Å². The molecule has 2 N–H and O–H groups in total. The van der Waals surface area contributed by atoms with Crippen LogP contribution in [0, 0.1) is 18.3 Å². The number of nitriles is 1. The van der Waals surface area contributed by atoms with Gasteiger partial charge in [-0.1, -0.05) is 49.4 Å². The lowest BCUT2D eigenvalue weighted by molar-refractivity contribution is -0.118. The molecule has 7 heteroatoms. The number of nitrogens with one attached hydrogen (secondary N) is 2. The van der Waals surface area contributed by atoms with Gasteiger partial charge in [-0.2, -0.15) is 10.4 Å². The number of anilines is 1. The Kier molecular flexibility index (Phi) is 7.34. The Bertz CT molecular complexity index is 1320. The van der Waals surface area contributed by atoms with Gasteiger partial charge in [-0.25, -0.2) is 4.98 Å². The number of hydrogen-bond acceptors (Lipinski definition) is 5. The van der Waals surface area contributed by atoms with Crippen molar-refractivity contribution in [3.8, 4) is 17.2 Å². The first-order chi connectivity index (χ1) is 16.9. The monoisotopic (exact) mass is 464 g/mol. The Labute approximate surface area is 205 Å². The largest absolute Gasteiger partial charge is 0.309 e. The molecular weight excluding hydrogens is 436 g/mol. The summed E-state index contributed by atoms with van der Waals surface area (Å²) in [6.45, 7) is 4.64. The van der Waals surface area contributed by atoms with E-state index in [0.29, 0.717) is 17.9 Å². The molecule has 0 unspecified atom stereocenters. The van der Waals surface area contributed by atoms with E-state index in [2.05, 4.69) is 33.7 Å². The first-order valence-corrected chi connectivity index (χ1v) is 11.5. The summed E-state index contributed by atoms with van der Waals surface area (Å²) < 4.78 is 1.77. The molecule has 0 saturated carbocycles. The van der Waals surface area contributed by atoms with Crippen LogP contribution in [0.5, 0.6) is 0 Å². The van der Waals surface area contributed by atoms with Crippen molar-refractivity contribution in [1.29, 1.82) is 5.26 Å². The zero-order valence-electron chi connectivity index (χ0n) is 20.1. The van der Waals surface area contributed by atoms with Crippen LogP contribution in [-0.4, -0.2) is 27.2 Å². The van der Waals surface area contributed by atoms with Crippen LogP contribution in [0.15, 0.2) is 79.1 Å². The molecule has 2 atom stereocenters. The SMILES string of the molecule is Cc1nn(C)cc1-c1ccc(NC(=O)[C@@H](NC[C@@H](C)c2ccc(C#N)cc2)c2ccccc2)nc1. The molecule has 4 aromatic rings. The maximum atomic E-state index is 13.3. The summed E-state index contributed by atoms with van der Waals surface area (Å²) in [5, 5.41) is 19.8. The molecule has 0 bridgehead atoms. The third-order valence-corrected chi connectivity index (χ3v) is 5.97. The average Bonchev–Trinajstić information content (AvgIpc) is 3.22. The molecule has 2 aromatic carbocycles. The quantitative estimate of drug-likeness (QED) is 0.393. The number of amides is 1. The van der Waals surface area contributed by atoms with Crippen molar-refractivity contribution < 1.29 is 4.79 Å². The lowest BCUT2D eigenvalue weighted by Crippen LogP contribution is -2.35. The number of rotatable bonds is 8. The average molecular weight is 465 g/mol. The molecule has 0 fully saturated rings. The Balaban J connectivity index is 1.47. The fourth-order valence-corrected chi connectivity index (χ4v) is 4.01. The second-order valence-corrected chi connectivity index (χ2v) is 8.61. The molecule has 0 aliphatic rings. The molecule has 35 heavy (non-hydrogen) atoms. The van der Waals surface area contributed by atoms with Crippen molar-refractivity contribution in [3.63, 3.8) is 0 Å². The van der Waals surface area contributed by atoms with E-state index in [9.17, 15) is 4.79 Å².